The summed E-state index contributed by atoms with van der Waals surface area (Å²) in [7, 11) is 0. The summed E-state index contributed by atoms with van der Waals surface area (Å²) >= 11 is 11.9. The van der Waals surface area contributed by atoms with Crippen molar-refractivity contribution in [1.82, 2.24) is 24.8 Å². The lowest BCUT2D eigenvalue weighted by molar-refractivity contribution is -0.142. The Kier molecular flexibility index (Phi) is 7.77. The predicted molar refractivity (Wildman–Crippen MR) is 149 cm³/mol. The van der Waals surface area contributed by atoms with Crippen molar-refractivity contribution in [3.63, 3.8) is 0 Å². The van der Waals surface area contributed by atoms with E-state index in [1.807, 2.05) is 9.80 Å². The highest BCUT2D eigenvalue weighted by Gasteiger charge is 2.39. The second-order valence-corrected chi connectivity index (χ2v) is 10.5. The van der Waals surface area contributed by atoms with Crippen LogP contribution in [0.25, 0.3) is 16.6 Å². The fourth-order valence-corrected chi connectivity index (χ4v) is 5.71. The Morgan fingerprint density at radius 3 is 2.33 bits per heavy atom. The average molecular weight is 603 g/mol. The number of pyridine rings is 1. The van der Waals surface area contributed by atoms with Gasteiger partial charge in [-0.05, 0) is 25.2 Å². The number of aromatic nitrogens is 3. The molecule has 0 bridgehead atoms. The van der Waals surface area contributed by atoms with Gasteiger partial charge in [-0.1, -0.05) is 37.0 Å². The van der Waals surface area contributed by atoms with Crippen LogP contribution in [0.2, 0.25) is 10.0 Å². The number of nitrogens with zero attached hydrogens (tertiary/aromatic N) is 6. The lowest BCUT2D eigenvalue weighted by Gasteiger charge is -2.45. The van der Waals surface area contributed by atoms with Crippen LogP contribution in [0.4, 0.5) is 35.0 Å². The SMILES string of the molecule is CCN(CC)C1CN(c2nc(N3CCNCC3)c3cc(C(F)(F)F)n(-c4c(N)c(Cl)cc(Cl)c4F)c(=O)c3n2)C1. The topological polar surface area (TPSA) is 95.5 Å². The molecule has 40 heavy (non-hydrogen) atoms. The number of hydrogen-bond donors (Lipinski definition) is 2. The highest BCUT2D eigenvalue weighted by molar-refractivity contribution is 6.37. The van der Waals surface area contributed by atoms with Gasteiger partial charge in [0.15, 0.2) is 5.82 Å². The third kappa shape index (κ3) is 4.93. The summed E-state index contributed by atoms with van der Waals surface area (Å²) in [5.74, 6) is -0.887. The zero-order valence-corrected chi connectivity index (χ0v) is 23.3. The number of benzene rings is 1. The molecule has 2 aliphatic heterocycles. The van der Waals surface area contributed by atoms with E-state index >= 15 is 4.39 Å². The lowest BCUT2D eigenvalue weighted by atomic mass is 10.1. The van der Waals surface area contributed by atoms with Crippen molar-refractivity contribution in [2.75, 3.05) is 67.9 Å². The van der Waals surface area contributed by atoms with Crippen molar-refractivity contribution in [3.05, 3.63) is 44.0 Å². The number of likely N-dealkylation sites (N-methyl/N-ethyl adjacent to an activating group) is 1. The molecule has 5 rings (SSSR count). The fraction of sp³-hybridized carbons (Fsp3) is 0.480. The van der Waals surface area contributed by atoms with Crippen molar-refractivity contribution in [3.8, 4) is 5.69 Å². The first-order valence-corrected chi connectivity index (χ1v) is 13.6. The van der Waals surface area contributed by atoms with Crippen molar-refractivity contribution in [2.45, 2.75) is 26.1 Å². The normalized spacial score (nSPS) is 16.7. The first-order valence-electron chi connectivity index (χ1n) is 12.9. The highest BCUT2D eigenvalue weighted by atomic mass is 35.5. The Hall–Kier alpha value is -2.87. The third-order valence-corrected chi connectivity index (χ3v) is 8.02. The van der Waals surface area contributed by atoms with Gasteiger partial charge in [-0.3, -0.25) is 14.3 Å². The van der Waals surface area contributed by atoms with Crippen LogP contribution in [-0.4, -0.2) is 77.8 Å². The molecule has 0 saturated carbocycles. The minimum absolute atomic E-state index is 0.0906. The van der Waals surface area contributed by atoms with E-state index in [1.54, 1.807) is 0 Å². The average Bonchev–Trinajstić information content (AvgIpc) is 2.90. The van der Waals surface area contributed by atoms with Crippen LogP contribution in [0.15, 0.2) is 16.9 Å². The van der Waals surface area contributed by atoms with Gasteiger partial charge in [0.2, 0.25) is 5.95 Å². The molecule has 2 aromatic heterocycles. The number of nitrogens with one attached hydrogen (secondary N) is 1. The van der Waals surface area contributed by atoms with Gasteiger partial charge >= 0.3 is 6.18 Å². The summed E-state index contributed by atoms with van der Waals surface area (Å²) in [6.45, 7) is 9.13. The maximum absolute atomic E-state index is 15.2. The summed E-state index contributed by atoms with van der Waals surface area (Å²) < 4.78 is 58.8. The van der Waals surface area contributed by atoms with Crippen molar-refractivity contribution < 1.29 is 17.6 Å². The summed E-state index contributed by atoms with van der Waals surface area (Å²) in [4.78, 5) is 29.0. The maximum Gasteiger partial charge on any atom is 0.431 e. The fourth-order valence-electron chi connectivity index (χ4n) is 5.25. The van der Waals surface area contributed by atoms with Crippen molar-refractivity contribution in [2.24, 2.45) is 0 Å². The quantitative estimate of drug-likeness (QED) is 0.250. The monoisotopic (exact) mass is 602 g/mol. The molecule has 2 saturated heterocycles. The number of fused-ring (bicyclic) bond motifs is 1. The van der Waals surface area contributed by atoms with Gasteiger partial charge in [-0.2, -0.15) is 18.2 Å². The molecule has 1 aromatic carbocycles. The zero-order chi connectivity index (χ0) is 28.9. The molecule has 0 radical (unpaired) electrons. The van der Waals surface area contributed by atoms with E-state index in [0.717, 1.165) is 25.2 Å². The largest absolute Gasteiger partial charge is 0.431 e. The van der Waals surface area contributed by atoms with Crippen molar-refractivity contribution in [1.29, 1.82) is 0 Å². The first kappa shape index (κ1) is 28.7. The molecule has 3 aromatic rings. The zero-order valence-electron chi connectivity index (χ0n) is 21.8. The smallest absolute Gasteiger partial charge is 0.396 e. The summed E-state index contributed by atoms with van der Waals surface area (Å²) in [6, 6.07) is 1.99. The van der Waals surface area contributed by atoms with Crippen LogP contribution in [0.3, 0.4) is 0 Å². The number of rotatable bonds is 6. The molecule has 2 aliphatic rings. The number of hydrogen-bond acceptors (Lipinski definition) is 8. The lowest BCUT2D eigenvalue weighted by Crippen LogP contribution is -2.60. The number of nitrogen functional groups attached to an aromatic ring is 1. The summed E-state index contributed by atoms with van der Waals surface area (Å²) in [5, 5.41) is 2.23. The molecule has 2 fully saturated rings. The molecule has 3 N–H and O–H groups in total. The Labute approximate surface area is 237 Å². The third-order valence-electron chi connectivity index (χ3n) is 7.43. The van der Waals surface area contributed by atoms with Gasteiger partial charge in [0.1, 0.15) is 22.7 Å². The number of piperazine rings is 1. The molecule has 0 atom stereocenters. The standard InChI is InChI=1S/C25H28Cl2F4N8O/c1-3-36(4-2)13-11-38(12-13)24-34-20-14(22(35-24)37-7-5-33-6-8-37)9-17(25(29,30)31)39(23(20)40)21-18(28)15(26)10-16(27)19(21)32/h9-10,13,33H,3-8,11-12,32H2,1-2H3. The number of nitrogens with two attached hydrogens (primary N) is 1. The molecular weight excluding hydrogens is 575 g/mol. The van der Waals surface area contributed by atoms with E-state index < -0.39 is 39.6 Å². The summed E-state index contributed by atoms with van der Waals surface area (Å²) in [6.07, 6.45) is -5.07. The van der Waals surface area contributed by atoms with E-state index in [4.69, 9.17) is 28.9 Å². The van der Waals surface area contributed by atoms with Gasteiger partial charge in [-0.25, -0.2) is 9.37 Å². The first-order chi connectivity index (χ1) is 19.0. The van der Waals surface area contributed by atoms with Crippen LogP contribution in [-0.2, 0) is 6.18 Å². The second-order valence-electron chi connectivity index (χ2n) is 9.71. The van der Waals surface area contributed by atoms with Gasteiger partial charge < -0.3 is 20.9 Å². The Morgan fingerprint density at radius 1 is 1.07 bits per heavy atom. The molecule has 4 heterocycles. The van der Waals surface area contributed by atoms with E-state index in [2.05, 4.69) is 34.0 Å². The molecule has 9 nitrogen and oxygen atoms in total. The van der Waals surface area contributed by atoms with E-state index in [1.165, 1.54) is 0 Å². The second kappa shape index (κ2) is 10.8. The number of halogens is 6. The van der Waals surface area contributed by atoms with Crippen LogP contribution in [0.1, 0.15) is 19.5 Å². The Balaban J connectivity index is 1.78. The van der Waals surface area contributed by atoms with Gasteiger partial charge in [0.05, 0.1) is 21.1 Å². The summed E-state index contributed by atoms with van der Waals surface area (Å²) in [5.41, 5.74) is 1.51. The van der Waals surface area contributed by atoms with Gasteiger partial charge in [-0.15, -0.1) is 0 Å². The van der Waals surface area contributed by atoms with Gasteiger partial charge in [0, 0.05) is 45.3 Å². The molecule has 0 unspecified atom stereocenters. The van der Waals surface area contributed by atoms with Crippen molar-refractivity contribution >= 4 is 51.6 Å². The molecule has 0 spiro atoms. The van der Waals surface area contributed by atoms with Crippen LogP contribution in [0, 0.1) is 5.82 Å². The number of anilines is 3. The Morgan fingerprint density at radius 2 is 1.73 bits per heavy atom. The number of alkyl halides is 3. The van der Waals surface area contributed by atoms with Gasteiger partial charge in [0.25, 0.3) is 5.56 Å². The van der Waals surface area contributed by atoms with Crippen LogP contribution < -0.4 is 26.4 Å². The molecule has 216 valence electrons. The van der Waals surface area contributed by atoms with E-state index in [9.17, 15) is 18.0 Å². The molecule has 0 aliphatic carbocycles. The van der Waals surface area contributed by atoms with Crippen LogP contribution in [0.5, 0.6) is 0 Å². The molecular formula is C25H28Cl2F4N8O. The Bertz CT molecular complexity index is 1470. The highest BCUT2D eigenvalue weighted by Crippen LogP contribution is 2.39. The van der Waals surface area contributed by atoms with Crippen LogP contribution >= 0.6 is 23.2 Å². The maximum atomic E-state index is 15.2. The predicted octanol–water partition coefficient (Wildman–Crippen LogP) is 3.77. The molecule has 0 amide bonds. The minimum atomic E-state index is -5.07. The minimum Gasteiger partial charge on any atom is -0.396 e. The molecule has 15 heteroatoms. The van der Waals surface area contributed by atoms with E-state index in [0.29, 0.717) is 39.3 Å². The van der Waals surface area contributed by atoms with E-state index in [-0.39, 0.29) is 38.3 Å².